The molecule has 0 saturated heterocycles. The van der Waals surface area contributed by atoms with Crippen LogP contribution in [-0.4, -0.2) is 12.3 Å². The van der Waals surface area contributed by atoms with E-state index in [4.69, 9.17) is 0 Å². The summed E-state index contributed by atoms with van der Waals surface area (Å²) in [7, 11) is 0. The van der Waals surface area contributed by atoms with Gasteiger partial charge in [-0.1, -0.05) is 6.08 Å². The van der Waals surface area contributed by atoms with Crippen LogP contribution in [0.2, 0.25) is 0 Å². The van der Waals surface area contributed by atoms with Crippen LogP contribution in [0.5, 0.6) is 0 Å². The Morgan fingerprint density at radius 1 is 1.80 bits per heavy atom. The van der Waals surface area contributed by atoms with E-state index >= 15 is 0 Å². The van der Waals surface area contributed by atoms with Crippen LogP contribution in [0.4, 0.5) is 0 Å². The zero-order valence-electron chi connectivity index (χ0n) is 6.48. The number of hydrogen-bond donors (Lipinski definition) is 1. The van der Waals surface area contributed by atoms with Crippen molar-refractivity contribution in [3.05, 3.63) is 22.8 Å². The second kappa shape index (κ2) is 3.71. The van der Waals surface area contributed by atoms with Crippen LogP contribution in [0.3, 0.4) is 0 Å². The highest BCUT2D eigenvalue weighted by atomic mass is 32.2. The molecule has 0 aromatic heterocycles. The Balaban J connectivity index is 2.62. The maximum Gasteiger partial charge on any atom is 0.0430 e. The van der Waals surface area contributed by atoms with E-state index in [1.54, 1.807) is 0 Å². The smallest absolute Gasteiger partial charge is 0.0430 e. The van der Waals surface area contributed by atoms with Gasteiger partial charge in [0.1, 0.15) is 0 Å². The summed E-state index contributed by atoms with van der Waals surface area (Å²) >= 11 is 1.88. The molecule has 0 radical (unpaired) electrons. The molecule has 2 heteroatoms. The summed E-state index contributed by atoms with van der Waals surface area (Å²) in [5.74, 6) is 1.19. The first-order chi connectivity index (χ1) is 4.84. The summed E-state index contributed by atoms with van der Waals surface area (Å²) in [6.07, 6.45) is 2.13. The van der Waals surface area contributed by atoms with Gasteiger partial charge in [0, 0.05) is 18.0 Å². The Kier molecular flexibility index (Phi) is 2.87. The van der Waals surface area contributed by atoms with Gasteiger partial charge >= 0.3 is 0 Å². The number of allylic oxidation sites excluding steroid dienone is 2. The zero-order valence-corrected chi connectivity index (χ0v) is 7.29. The fraction of sp³-hybridized carbons (Fsp3) is 0.500. The summed E-state index contributed by atoms with van der Waals surface area (Å²) in [5, 5.41) is 5.54. The van der Waals surface area contributed by atoms with Gasteiger partial charge in [0.15, 0.2) is 0 Å². The highest BCUT2D eigenvalue weighted by Gasteiger charge is 2.01. The van der Waals surface area contributed by atoms with E-state index in [2.05, 4.69) is 30.6 Å². The third-order valence-corrected chi connectivity index (χ3v) is 2.44. The van der Waals surface area contributed by atoms with Crippen molar-refractivity contribution in [3.8, 4) is 0 Å². The van der Waals surface area contributed by atoms with E-state index in [0.717, 1.165) is 6.54 Å². The number of rotatable bonds is 1. The number of thioether (sulfide) groups is 1. The fourth-order valence-corrected chi connectivity index (χ4v) is 1.59. The lowest BCUT2D eigenvalue weighted by Crippen LogP contribution is -2.20. The highest BCUT2D eigenvalue weighted by Crippen LogP contribution is 2.15. The molecule has 0 spiro atoms. The average molecular weight is 155 g/mol. The van der Waals surface area contributed by atoms with Gasteiger partial charge in [0.05, 0.1) is 0 Å². The molecule has 10 heavy (non-hydrogen) atoms. The maximum absolute atomic E-state index is 3.34. The Labute approximate surface area is 66.6 Å². The molecule has 0 amide bonds. The predicted molar refractivity (Wildman–Crippen MR) is 48.0 cm³/mol. The first-order valence-corrected chi connectivity index (χ1v) is 4.58. The third kappa shape index (κ3) is 1.81. The predicted octanol–water partition coefficient (Wildman–Crippen LogP) is 2.13. The molecule has 0 atom stereocenters. The normalized spacial score (nSPS) is 19.8. The van der Waals surface area contributed by atoms with Crippen molar-refractivity contribution in [3.63, 3.8) is 0 Å². The molecule has 0 saturated carbocycles. The van der Waals surface area contributed by atoms with Crippen molar-refractivity contribution in [1.82, 2.24) is 5.32 Å². The summed E-state index contributed by atoms with van der Waals surface area (Å²) in [4.78, 5) is 0. The highest BCUT2D eigenvalue weighted by molar-refractivity contribution is 8.02. The van der Waals surface area contributed by atoms with Gasteiger partial charge in [-0.15, -0.1) is 11.8 Å². The van der Waals surface area contributed by atoms with E-state index in [-0.39, 0.29) is 0 Å². The molecule has 56 valence electrons. The SMILES string of the molecule is C/C=C(\C)C1=CSCCN1. The Hall–Kier alpha value is -0.370. The van der Waals surface area contributed by atoms with Crippen LogP contribution in [-0.2, 0) is 0 Å². The Morgan fingerprint density at radius 3 is 3.10 bits per heavy atom. The van der Waals surface area contributed by atoms with Crippen LogP contribution in [0.1, 0.15) is 13.8 Å². The standard InChI is InChI=1S/C8H13NS/c1-3-7(2)8-6-10-5-4-9-8/h3,6,9H,4-5H2,1-2H3/b7-3+. The third-order valence-electron chi connectivity index (χ3n) is 1.59. The monoisotopic (exact) mass is 155 g/mol. The molecule has 0 aromatic carbocycles. The lowest BCUT2D eigenvalue weighted by molar-refractivity contribution is 0.864. The topological polar surface area (TPSA) is 12.0 Å². The molecule has 0 aliphatic carbocycles. The lowest BCUT2D eigenvalue weighted by Gasteiger charge is -2.14. The quantitative estimate of drug-likeness (QED) is 0.622. The molecular formula is C8H13NS. The first kappa shape index (κ1) is 7.73. The van der Waals surface area contributed by atoms with E-state index in [1.807, 2.05) is 11.8 Å². The molecule has 1 heterocycles. The molecule has 1 rings (SSSR count). The van der Waals surface area contributed by atoms with Gasteiger partial charge in [0.25, 0.3) is 0 Å². The van der Waals surface area contributed by atoms with Gasteiger partial charge in [-0.25, -0.2) is 0 Å². The van der Waals surface area contributed by atoms with Crippen LogP contribution in [0.15, 0.2) is 22.8 Å². The molecule has 1 aliphatic rings. The molecule has 0 unspecified atom stereocenters. The summed E-state index contributed by atoms with van der Waals surface area (Å²) in [6.45, 7) is 5.30. The maximum atomic E-state index is 3.34. The first-order valence-electron chi connectivity index (χ1n) is 3.53. The molecular weight excluding hydrogens is 142 g/mol. The minimum Gasteiger partial charge on any atom is -0.384 e. The molecule has 1 nitrogen and oxygen atoms in total. The summed E-state index contributed by atoms with van der Waals surface area (Å²) < 4.78 is 0. The number of nitrogens with one attached hydrogen (secondary N) is 1. The van der Waals surface area contributed by atoms with E-state index < -0.39 is 0 Å². The van der Waals surface area contributed by atoms with Crippen molar-refractivity contribution in [2.75, 3.05) is 12.3 Å². The van der Waals surface area contributed by atoms with Crippen molar-refractivity contribution < 1.29 is 0 Å². The van der Waals surface area contributed by atoms with E-state index in [0.29, 0.717) is 0 Å². The van der Waals surface area contributed by atoms with Crippen molar-refractivity contribution in [1.29, 1.82) is 0 Å². The second-order valence-corrected chi connectivity index (χ2v) is 3.28. The Morgan fingerprint density at radius 2 is 2.60 bits per heavy atom. The largest absolute Gasteiger partial charge is 0.384 e. The van der Waals surface area contributed by atoms with Gasteiger partial charge in [-0.2, -0.15) is 0 Å². The Bertz CT molecular complexity index is 170. The van der Waals surface area contributed by atoms with Gasteiger partial charge in [-0.05, 0) is 24.8 Å². The fourth-order valence-electron chi connectivity index (χ4n) is 0.816. The van der Waals surface area contributed by atoms with Crippen LogP contribution in [0, 0.1) is 0 Å². The van der Waals surface area contributed by atoms with Gasteiger partial charge in [0.2, 0.25) is 0 Å². The van der Waals surface area contributed by atoms with E-state index in [9.17, 15) is 0 Å². The van der Waals surface area contributed by atoms with Crippen LogP contribution < -0.4 is 5.32 Å². The van der Waals surface area contributed by atoms with Crippen LogP contribution >= 0.6 is 11.8 Å². The summed E-state index contributed by atoms with van der Waals surface area (Å²) in [5.41, 5.74) is 2.63. The van der Waals surface area contributed by atoms with Crippen LogP contribution in [0.25, 0.3) is 0 Å². The van der Waals surface area contributed by atoms with Crippen molar-refractivity contribution in [2.45, 2.75) is 13.8 Å². The molecule has 0 fully saturated rings. The molecule has 0 bridgehead atoms. The minimum atomic E-state index is 1.10. The minimum absolute atomic E-state index is 1.10. The van der Waals surface area contributed by atoms with Crippen molar-refractivity contribution in [2.24, 2.45) is 0 Å². The molecule has 1 N–H and O–H groups in total. The zero-order chi connectivity index (χ0) is 7.40. The molecule has 1 aliphatic heterocycles. The molecule has 0 aromatic rings. The van der Waals surface area contributed by atoms with Crippen molar-refractivity contribution >= 4 is 11.8 Å². The average Bonchev–Trinajstić information content (AvgIpc) is 2.05. The summed E-state index contributed by atoms with van der Waals surface area (Å²) in [6, 6.07) is 0. The number of hydrogen-bond acceptors (Lipinski definition) is 2. The van der Waals surface area contributed by atoms with Gasteiger partial charge < -0.3 is 5.32 Å². The van der Waals surface area contributed by atoms with Gasteiger partial charge in [-0.3, -0.25) is 0 Å². The lowest BCUT2D eigenvalue weighted by atomic mass is 10.2. The second-order valence-electron chi connectivity index (χ2n) is 2.30. The van der Waals surface area contributed by atoms with E-state index in [1.165, 1.54) is 17.0 Å².